The Balaban J connectivity index is 1.26. The summed E-state index contributed by atoms with van der Waals surface area (Å²) in [5.41, 5.74) is 12.9. The van der Waals surface area contributed by atoms with Gasteiger partial charge < -0.3 is 9.13 Å². The molecule has 0 aliphatic rings. The van der Waals surface area contributed by atoms with Crippen LogP contribution in [0.3, 0.4) is 0 Å². The number of nitriles is 1. The van der Waals surface area contributed by atoms with Gasteiger partial charge in [-0.3, -0.25) is 0 Å². The van der Waals surface area contributed by atoms with E-state index in [2.05, 4.69) is 149 Å². The molecule has 0 saturated heterocycles. The number of nitrogens with zero attached hydrogens (tertiary/aromatic N) is 5. The second-order valence-electron chi connectivity index (χ2n) is 14.5. The van der Waals surface area contributed by atoms with Crippen molar-refractivity contribution in [3.8, 4) is 62.5 Å². The minimum absolute atomic E-state index is 0.441. The summed E-state index contributed by atoms with van der Waals surface area (Å²) >= 11 is 0. The van der Waals surface area contributed by atoms with E-state index in [1.54, 1.807) is 0 Å². The van der Waals surface area contributed by atoms with Gasteiger partial charge in [0.2, 0.25) is 0 Å². The zero-order valence-corrected chi connectivity index (χ0v) is 31.3. The van der Waals surface area contributed by atoms with Crippen LogP contribution < -0.4 is 0 Å². The first-order valence-electron chi connectivity index (χ1n) is 19.4. The normalized spacial score (nSPS) is 11.4. The van der Waals surface area contributed by atoms with Crippen LogP contribution in [-0.4, -0.2) is 19.1 Å². The fourth-order valence-electron chi connectivity index (χ4n) is 8.56. The van der Waals surface area contributed by atoms with Gasteiger partial charge in [-0.05, 0) is 59.7 Å². The SMILES string of the molecule is N#Cc1c(-c2ccccc2)nc(-c2cc(-c3ccccc3)ccc2-n2c3ccccc3c3cc4c(cc32)c2ccccc2n4-c2ccccc2)nc1-c1ccccc1. The summed E-state index contributed by atoms with van der Waals surface area (Å²) in [5, 5.41) is 15.4. The second kappa shape index (κ2) is 13.6. The molecule has 0 atom stereocenters. The summed E-state index contributed by atoms with van der Waals surface area (Å²) in [6.07, 6.45) is 0. The zero-order valence-electron chi connectivity index (χ0n) is 31.3. The molecule has 0 aliphatic heterocycles. The summed E-state index contributed by atoms with van der Waals surface area (Å²) in [6, 6.07) is 72.0. The topological polar surface area (TPSA) is 59.4 Å². The van der Waals surface area contributed by atoms with E-state index in [1.807, 2.05) is 66.7 Å². The van der Waals surface area contributed by atoms with Gasteiger partial charge in [-0.15, -0.1) is 0 Å². The Morgan fingerprint density at radius 2 is 0.845 bits per heavy atom. The molecule has 3 aromatic heterocycles. The van der Waals surface area contributed by atoms with E-state index in [1.165, 1.54) is 10.8 Å². The molecule has 0 bridgehead atoms. The average Bonchev–Trinajstić information content (AvgIpc) is 3.80. The van der Waals surface area contributed by atoms with Crippen LogP contribution in [0.4, 0.5) is 0 Å². The summed E-state index contributed by atoms with van der Waals surface area (Å²) in [6.45, 7) is 0. The van der Waals surface area contributed by atoms with Crippen molar-refractivity contribution in [2.75, 3.05) is 0 Å². The van der Waals surface area contributed by atoms with Crippen LogP contribution in [0, 0.1) is 11.3 Å². The molecule has 0 unspecified atom stereocenters. The molecule has 0 N–H and O–H groups in total. The Hall–Kier alpha value is -8.07. The lowest BCUT2D eigenvalue weighted by Crippen LogP contribution is -2.04. The highest BCUT2D eigenvalue weighted by Crippen LogP contribution is 2.42. The van der Waals surface area contributed by atoms with E-state index < -0.39 is 0 Å². The van der Waals surface area contributed by atoms with E-state index in [0.717, 1.165) is 72.0 Å². The molecule has 0 amide bonds. The first-order chi connectivity index (χ1) is 28.7. The van der Waals surface area contributed by atoms with Gasteiger partial charge in [0.15, 0.2) is 5.82 Å². The molecule has 8 aromatic carbocycles. The number of fused-ring (bicyclic) bond motifs is 6. The molecule has 11 aromatic rings. The molecule has 3 heterocycles. The van der Waals surface area contributed by atoms with Crippen molar-refractivity contribution in [3.63, 3.8) is 0 Å². The lowest BCUT2D eigenvalue weighted by molar-refractivity contribution is 1.13. The molecule has 58 heavy (non-hydrogen) atoms. The molecular formula is C53H33N5. The van der Waals surface area contributed by atoms with E-state index in [4.69, 9.17) is 9.97 Å². The van der Waals surface area contributed by atoms with Crippen LogP contribution in [0.25, 0.3) is 100 Å². The van der Waals surface area contributed by atoms with Gasteiger partial charge >= 0.3 is 0 Å². The van der Waals surface area contributed by atoms with Crippen molar-refractivity contribution in [2.24, 2.45) is 0 Å². The number of hydrogen-bond acceptors (Lipinski definition) is 3. The third-order valence-corrected chi connectivity index (χ3v) is 11.2. The quantitative estimate of drug-likeness (QED) is 0.171. The second-order valence-corrected chi connectivity index (χ2v) is 14.5. The van der Waals surface area contributed by atoms with Crippen LogP contribution in [0.5, 0.6) is 0 Å². The van der Waals surface area contributed by atoms with Gasteiger partial charge in [0.25, 0.3) is 0 Å². The van der Waals surface area contributed by atoms with Crippen LogP contribution >= 0.6 is 0 Å². The molecular weight excluding hydrogens is 707 g/mol. The van der Waals surface area contributed by atoms with E-state index in [-0.39, 0.29) is 0 Å². The summed E-state index contributed by atoms with van der Waals surface area (Å²) in [4.78, 5) is 10.6. The van der Waals surface area contributed by atoms with E-state index >= 15 is 0 Å². The monoisotopic (exact) mass is 739 g/mol. The molecule has 5 heteroatoms. The fourth-order valence-corrected chi connectivity index (χ4v) is 8.56. The maximum atomic E-state index is 10.7. The van der Waals surface area contributed by atoms with Gasteiger partial charge in [0, 0.05) is 43.9 Å². The number of para-hydroxylation sites is 3. The summed E-state index contributed by atoms with van der Waals surface area (Å²) < 4.78 is 4.74. The average molecular weight is 740 g/mol. The van der Waals surface area contributed by atoms with Gasteiger partial charge in [-0.2, -0.15) is 5.26 Å². The van der Waals surface area contributed by atoms with Crippen molar-refractivity contribution >= 4 is 43.6 Å². The first-order valence-corrected chi connectivity index (χ1v) is 19.4. The molecule has 5 nitrogen and oxygen atoms in total. The number of hydrogen-bond donors (Lipinski definition) is 0. The molecule has 0 aliphatic carbocycles. The fraction of sp³-hybridized carbons (Fsp3) is 0. The predicted molar refractivity (Wildman–Crippen MR) is 237 cm³/mol. The minimum atomic E-state index is 0.441. The minimum Gasteiger partial charge on any atom is -0.309 e. The van der Waals surface area contributed by atoms with Crippen molar-refractivity contribution in [3.05, 3.63) is 206 Å². The van der Waals surface area contributed by atoms with E-state index in [0.29, 0.717) is 22.8 Å². The van der Waals surface area contributed by atoms with Gasteiger partial charge in [0.1, 0.15) is 11.6 Å². The standard InChI is InChI=1S/C53H33N5/c54-34-45-51(36-19-7-2-8-20-36)55-53(56-52(45)37-21-9-3-10-22-37)44-31-38(35-17-5-1-6-18-35)29-30-48(44)58-47-28-16-14-26-41(47)43-32-49-42(33-50(43)58)40-25-13-15-27-46(40)57(49)39-23-11-4-12-24-39/h1-33H. The highest BCUT2D eigenvalue weighted by atomic mass is 15.0. The Bertz CT molecular complexity index is 3320. The van der Waals surface area contributed by atoms with Crippen LogP contribution in [0.2, 0.25) is 0 Å². The largest absolute Gasteiger partial charge is 0.309 e. The van der Waals surface area contributed by atoms with Crippen molar-refractivity contribution in [2.45, 2.75) is 0 Å². The van der Waals surface area contributed by atoms with Crippen molar-refractivity contribution < 1.29 is 0 Å². The Labute approximate surface area is 335 Å². The Morgan fingerprint density at radius 3 is 1.40 bits per heavy atom. The van der Waals surface area contributed by atoms with Gasteiger partial charge in [-0.25, -0.2) is 9.97 Å². The van der Waals surface area contributed by atoms with Crippen LogP contribution in [0.15, 0.2) is 200 Å². The maximum Gasteiger partial charge on any atom is 0.162 e. The van der Waals surface area contributed by atoms with Crippen molar-refractivity contribution in [1.29, 1.82) is 5.26 Å². The van der Waals surface area contributed by atoms with E-state index in [9.17, 15) is 5.26 Å². The summed E-state index contributed by atoms with van der Waals surface area (Å²) in [5.74, 6) is 0.539. The zero-order chi connectivity index (χ0) is 38.6. The molecule has 11 rings (SSSR count). The highest BCUT2D eigenvalue weighted by molar-refractivity contribution is 6.19. The first kappa shape index (κ1) is 33.3. The molecule has 0 fully saturated rings. The Morgan fingerprint density at radius 1 is 0.379 bits per heavy atom. The molecule has 0 radical (unpaired) electrons. The lowest BCUT2D eigenvalue weighted by Gasteiger charge is -2.17. The lowest BCUT2D eigenvalue weighted by atomic mass is 9.98. The third-order valence-electron chi connectivity index (χ3n) is 11.2. The molecule has 270 valence electrons. The van der Waals surface area contributed by atoms with Crippen LogP contribution in [0.1, 0.15) is 5.56 Å². The smallest absolute Gasteiger partial charge is 0.162 e. The Kier molecular flexibility index (Phi) is 7.80. The maximum absolute atomic E-state index is 10.7. The van der Waals surface area contributed by atoms with Gasteiger partial charge in [0.05, 0.1) is 39.1 Å². The number of benzene rings is 8. The molecule has 0 saturated carbocycles. The highest BCUT2D eigenvalue weighted by Gasteiger charge is 2.24. The predicted octanol–water partition coefficient (Wildman–Crippen LogP) is 13.2. The number of aromatic nitrogens is 4. The number of rotatable bonds is 6. The van der Waals surface area contributed by atoms with Crippen LogP contribution in [-0.2, 0) is 0 Å². The van der Waals surface area contributed by atoms with Crippen molar-refractivity contribution in [1.82, 2.24) is 19.1 Å². The molecule has 0 spiro atoms. The third kappa shape index (κ3) is 5.31. The summed E-state index contributed by atoms with van der Waals surface area (Å²) in [7, 11) is 0. The van der Waals surface area contributed by atoms with Gasteiger partial charge in [-0.1, -0.05) is 152 Å².